The number of ketones is 1. The zero-order valence-electron chi connectivity index (χ0n) is 9.31. The molecule has 1 aliphatic heterocycles. The standard InChI is InChI=1S/C13H17NO/c1-10-12(15)8-9-14(2)13(10)11-6-4-3-5-7-11/h3-7,10,13H,8-9H2,1-2H3/t10-,13-/m0/s1. The van der Waals surface area contributed by atoms with Crippen LogP contribution in [0.5, 0.6) is 0 Å². The third kappa shape index (κ3) is 1.95. The van der Waals surface area contributed by atoms with Crippen LogP contribution in [-0.2, 0) is 4.79 Å². The van der Waals surface area contributed by atoms with E-state index in [9.17, 15) is 4.79 Å². The molecule has 1 aliphatic rings. The highest BCUT2D eigenvalue weighted by molar-refractivity contribution is 5.82. The number of carbonyl (C=O) groups excluding carboxylic acids is 1. The van der Waals surface area contributed by atoms with Crippen molar-refractivity contribution >= 4 is 5.78 Å². The molecule has 2 heteroatoms. The fraction of sp³-hybridized carbons (Fsp3) is 0.462. The number of hydrogen-bond donors (Lipinski definition) is 0. The third-order valence-corrected chi connectivity index (χ3v) is 3.31. The van der Waals surface area contributed by atoms with Crippen LogP contribution in [0.2, 0.25) is 0 Å². The maximum atomic E-state index is 11.7. The van der Waals surface area contributed by atoms with E-state index in [2.05, 4.69) is 24.1 Å². The summed E-state index contributed by atoms with van der Waals surface area (Å²) in [6.45, 7) is 2.92. The van der Waals surface area contributed by atoms with Crippen LogP contribution in [0.15, 0.2) is 30.3 Å². The summed E-state index contributed by atoms with van der Waals surface area (Å²) in [5.74, 6) is 0.508. The molecule has 2 rings (SSSR count). The number of Topliss-reactive ketones (excluding diaryl/α,β-unsaturated/α-hetero) is 1. The maximum absolute atomic E-state index is 11.7. The van der Waals surface area contributed by atoms with Crippen molar-refractivity contribution in [3.63, 3.8) is 0 Å². The van der Waals surface area contributed by atoms with Crippen LogP contribution in [-0.4, -0.2) is 24.3 Å². The van der Waals surface area contributed by atoms with Crippen LogP contribution in [0.25, 0.3) is 0 Å². The number of piperidine rings is 1. The molecule has 2 nitrogen and oxygen atoms in total. The van der Waals surface area contributed by atoms with E-state index in [1.807, 2.05) is 25.1 Å². The van der Waals surface area contributed by atoms with Crippen molar-refractivity contribution in [2.75, 3.05) is 13.6 Å². The fourth-order valence-electron chi connectivity index (χ4n) is 2.40. The minimum absolute atomic E-state index is 0.117. The topological polar surface area (TPSA) is 20.3 Å². The van der Waals surface area contributed by atoms with Gasteiger partial charge in [0.2, 0.25) is 0 Å². The Morgan fingerprint density at radius 2 is 1.93 bits per heavy atom. The lowest BCUT2D eigenvalue weighted by Gasteiger charge is -2.36. The van der Waals surface area contributed by atoms with E-state index in [-0.39, 0.29) is 12.0 Å². The molecule has 1 aromatic carbocycles. The number of likely N-dealkylation sites (tertiary alicyclic amines) is 1. The molecule has 1 saturated heterocycles. The molecule has 0 amide bonds. The van der Waals surface area contributed by atoms with Gasteiger partial charge in [-0.15, -0.1) is 0 Å². The Morgan fingerprint density at radius 1 is 1.27 bits per heavy atom. The van der Waals surface area contributed by atoms with Gasteiger partial charge in [0, 0.05) is 24.9 Å². The maximum Gasteiger partial charge on any atom is 0.138 e. The minimum Gasteiger partial charge on any atom is -0.299 e. The summed E-state index contributed by atoms with van der Waals surface area (Å²) >= 11 is 0. The van der Waals surface area contributed by atoms with Gasteiger partial charge in [-0.3, -0.25) is 9.69 Å². The Kier molecular flexibility index (Phi) is 2.87. The summed E-state index contributed by atoms with van der Waals surface area (Å²) in [7, 11) is 2.10. The van der Waals surface area contributed by atoms with Gasteiger partial charge < -0.3 is 0 Å². The van der Waals surface area contributed by atoms with Crippen molar-refractivity contribution in [3.8, 4) is 0 Å². The van der Waals surface area contributed by atoms with E-state index in [0.717, 1.165) is 6.54 Å². The summed E-state index contributed by atoms with van der Waals surface area (Å²) < 4.78 is 0. The molecule has 1 heterocycles. The minimum atomic E-state index is 0.117. The first kappa shape index (κ1) is 10.4. The smallest absolute Gasteiger partial charge is 0.138 e. The third-order valence-electron chi connectivity index (χ3n) is 3.31. The molecule has 15 heavy (non-hydrogen) atoms. The van der Waals surface area contributed by atoms with Gasteiger partial charge in [0.15, 0.2) is 0 Å². The monoisotopic (exact) mass is 203 g/mol. The van der Waals surface area contributed by atoms with E-state index in [4.69, 9.17) is 0 Å². The second-order valence-electron chi connectivity index (χ2n) is 4.34. The number of carbonyl (C=O) groups is 1. The van der Waals surface area contributed by atoms with Crippen LogP contribution in [0.1, 0.15) is 24.9 Å². The largest absolute Gasteiger partial charge is 0.299 e. The lowest BCUT2D eigenvalue weighted by atomic mass is 9.85. The lowest BCUT2D eigenvalue weighted by molar-refractivity contribution is -0.127. The van der Waals surface area contributed by atoms with Crippen LogP contribution in [0, 0.1) is 5.92 Å². The SMILES string of the molecule is C[C@H]1C(=O)CCN(C)[C@@H]1c1ccccc1. The second kappa shape index (κ2) is 4.15. The molecule has 80 valence electrons. The molecule has 0 aliphatic carbocycles. The van der Waals surface area contributed by atoms with E-state index >= 15 is 0 Å². The highest BCUT2D eigenvalue weighted by atomic mass is 16.1. The van der Waals surface area contributed by atoms with Crippen LogP contribution in [0.3, 0.4) is 0 Å². The fourth-order valence-corrected chi connectivity index (χ4v) is 2.40. The van der Waals surface area contributed by atoms with Crippen molar-refractivity contribution in [2.24, 2.45) is 5.92 Å². The van der Waals surface area contributed by atoms with Gasteiger partial charge in [0.05, 0.1) is 0 Å². The molecular formula is C13H17NO. The molecule has 1 fully saturated rings. The molecule has 0 radical (unpaired) electrons. The average Bonchev–Trinajstić information content (AvgIpc) is 2.26. The second-order valence-corrected chi connectivity index (χ2v) is 4.34. The number of hydrogen-bond acceptors (Lipinski definition) is 2. The van der Waals surface area contributed by atoms with Crippen molar-refractivity contribution in [2.45, 2.75) is 19.4 Å². The van der Waals surface area contributed by atoms with E-state index in [0.29, 0.717) is 12.2 Å². The van der Waals surface area contributed by atoms with Gasteiger partial charge in [-0.05, 0) is 12.6 Å². The highest BCUT2D eigenvalue weighted by Crippen LogP contribution is 2.32. The Balaban J connectivity index is 2.29. The normalized spacial score (nSPS) is 28.0. The van der Waals surface area contributed by atoms with Gasteiger partial charge in [-0.25, -0.2) is 0 Å². The summed E-state index contributed by atoms with van der Waals surface area (Å²) in [5.41, 5.74) is 1.25. The predicted octanol–water partition coefficient (Wildman–Crippen LogP) is 2.27. The average molecular weight is 203 g/mol. The lowest BCUT2D eigenvalue weighted by Crippen LogP contribution is -2.40. The number of benzene rings is 1. The molecule has 0 bridgehead atoms. The Hall–Kier alpha value is -1.15. The molecule has 2 atom stereocenters. The summed E-state index contributed by atoms with van der Waals surface area (Å²) in [6, 6.07) is 10.6. The van der Waals surface area contributed by atoms with E-state index in [1.165, 1.54) is 5.56 Å². The summed E-state index contributed by atoms with van der Waals surface area (Å²) in [5, 5.41) is 0. The van der Waals surface area contributed by atoms with Crippen LogP contribution < -0.4 is 0 Å². The zero-order chi connectivity index (χ0) is 10.8. The molecule has 0 saturated carbocycles. The first-order valence-corrected chi connectivity index (χ1v) is 5.48. The number of rotatable bonds is 1. The first-order valence-electron chi connectivity index (χ1n) is 5.48. The van der Waals surface area contributed by atoms with Crippen LogP contribution >= 0.6 is 0 Å². The Morgan fingerprint density at radius 3 is 2.60 bits per heavy atom. The summed E-state index contributed by atoms with van der Waals surface area (Å²) in [6.07, 6.45) is 0.695. The van der Waals surface area contributed by atoms with Gasteiger partial charge in [0.25, 0.3) is 0 Å². The molecule has 0 N–H and O–H groups in total. The first-order chi connectivity index (χ1) is 7.20. The zero-order valence-corrected chi connectivity index (χ0v) is 9.31. The highest BCUT2D eigenvalue weighted by Gasteiger charge is 2.32. The molecule has 0 unspecified atom stereocenters. The Labute approximate surface area is 90.9 Å². The van der Waals surface area contributed by atoms with Crippen molar-refractivity contribution < 1.29 is 4.79 Å². The Bertz CT molecular complexity index is 347. The molecule has 0 aromatic heterocycles. The molecule has 0 spiro atoms. The van der Waals surface area contributed by atoms with Gasteiger partial charge in [-0.2, -0.15) is 0 Å². The van der Waals surface area contributed by atoms with Crippen molar-refractivity contribution in [3.05, 3.63) is 35.9 Å². The molecule has 1 aromatic rings. The summed E-state index contributed by atoms with van der Waals surface area (Å²) in [4.78, 5) is 14.0. The van der Waals surface area contributed by atoms with Crippen molar-refractivity contribution in [1.82, 2.24) is 4.90 Å². The molecular weight excluding hydrogens is 186 g/mol. The van der Waals surface area contributed by atoms with Gasteiger partial charge in [0.1, 0.15) is 5.78 Å². The van der Waals surface area contributed by atoms with E-state index < -0.39 is 0 Å². The number of nitrogens with zero attached hydrogens (tertiary/aromatic N) is 1. The van der Waals surface area contributed by atoms with Gasteiger partial charge in [-0.1, -0.05) is 37.3 Å². The van der Waals surface area contributed by atoms with Crippen molar-refractivity contribution in [1.29, 1.82) is 0 Å². The quantitative estimate of drug-likeness (QED) is 0.698. The van der Waals surface area contributed by atoms with Gasteiger partial charge >= 0.3 is 0 Å². The predicted molar refractivity (Wildman–Crippen MR) is 60.6 cm³/mol. The van der Waals surface area contributed by atoms with Crippen LogP contribution in [0.4, 0.5) is 0 Å². The van der Waals surface area contributed by atoms with E-state index in [1.54, 1.807) is 0 Å².